The average molecular weight is 328 g/mol. The van der Waals surface area contributed by atoms with Crippen molar-refractivity contribution in [3.8, 4) is 22.5 Å². The number of rotatable bonds is 3. The number of H-pyrrole nitrogens is 1. The maximum atomic E-state index is 5.06. The number of nitrogens with one attached hydrogen (secondary N) is 1. The molecule has 0 fully saturated rings. The molecule has 4 rings (SSSR count). The van der Waals surface area contributed by atoms with E-state index in [0.29, 0.717) is 5.92 Å². The van der Waals surface area contributed by atoms with E-state index in [4.69, 9.17) is 4.98 Å². The van der Waals surface area contributed by atoms with Gasteiger partial charge in [-0.05, 0) is 50.3 Å². The predicted molar refractivity (Wildman–Crippen MR) is 105 cm³/mol. The Morgan fingerprint density at radius 2 is 1.76 bits per heavy atom. The molecule has 0 bridgehead atoms. The fraction of sp³-hybridized carbons (Fsp3) is 0.261. The first-order valence-corrected chi connectivity index (χ1v) is 9.10. The Kier molecular flexibility index (Phi) is 4.27. The standard InChI is InChI=1S/C23H24N2/c1-16-13-14-20(15-17(16)2)22-21(18-9-5-3-6-10-18)24-23(25-22)19-11-7-4-8-12-19/h3-7,9-10,13-15,19H,8,11-12H2,1-2H3,(H,24,25)/t19-/m1/s1. The van der Waals surface area contributed by atoms with E-state index in [9.17, 15) is 0 Å². The van der Waals surface area contributed by atoms with Gasteiger partial charge in [0.15, 0.2) is 0 Å². The van der Waals surface area contributed by atoms with Gasteiger partial charge in [0.25, 0.3) is 0 Å². The quantitative estimate of drug-likeness (QED) is 0.571. The maximum absolute atomic E-state index is 5.06. The lowest BCUT2D eigenvalue weighted by atomic mass is 9.94. The van der Waals surface area contributed by atoms with E-state index in [1.165, 1.54) is 28.7 Å². The first-order valence-electron chi connectivity index (χ1n) is 9.10. The van der Waals surface area contributed by atoms with E-state index in [0.717, 1.165) is 30.1 Å². The van der Waals surface area contributed by atoms with Crippen LogP contribution in [-0.2, 0) is 0 Å². The summed E-state index contributed by atoms with van der Waals surface area (Å²) in [6.07, 6.45) is 7.96. The van der Waals surface area contributed by atoms with E-state index in [-0.39, 0.29) is 0 Å². The van der Waals surface area contributed by atoms with Crippen LogP contribution in [0, 0.1) is 13.8 Å². The molecule has 25 heavy (non-hydrogen) atoms. The van der Waals surface area contributed by atoms with Gasteiger partial charge in [0, 0.05) is 17.0 Å². The van der Waals surface area contributed by atoms with Gasteiger partial charge in [-0.25, -0.2) is 4.98 Å². The van der Waals surface area contributed by atoms with Crippen LogP contribution in [-0.4, -0.2) is 9.97 Å². The van der Waals surface area contributed by atoms with Gasteiger partial charge >= 0.3 is 0 Å². The zero-order valence-electron chi connectivity index (χ0n) is 14.9. The minimum atomic E-state index is 0.493. The maximum Gasteiger partial charge on any atom is 0.110 e. The number of aromatic nitrogens is 2. The van der Waals surface area contributed by atoms with Crippen LogP contribution >= 0.6 is 0 Å². The van der Waals surface area contributed by atoms with Gasteiger partial charge in [-0.1, -0.05) is 54.6 Å². The van der Waals surface area contributed by atoms with Crippen molar-refractivity contribution < 1.29 is 0 Å². The molecular formula is C23H24N2. The Morgan fingerprint density at radius 1 is 0.920 bits per heavy atom. The third kappa shape index (κ3) is 3.17. The summed E-state index contributed by atoms with van der Waals surface area (Å²) >= 11 is 0. The second-order valence-corrected chi connectivity index (χ2v) is 6.99. The van der Waals surface area contributed by atoms with Gasteiger partial charge in [0.05, 0.1) is 11.4 Å². The van der Waals surface area contributed by atoms with Crippen LogP contribution in [0.5, 0.6) is 0 Å². The minimum Gasteiger partial charge on any atom is -0.341 e. The van der Waals surface area contributed by atoms with Gasteiger partial charge in [0.1, 0.15) is 5.82 Å². The van der Waals surface area contributed by atoms with Crippen LogP contribution in [0.4, 0.5) is 0 Å². The van der Waals surface area contributed by atoms with Crippen molar-refractivity contribution in [1.82, 2.24) is 9.97 Å². The van der Waals surface area contributed by atoms with Crippen molar-refractivity contribution in [3.05, 3.63) is 77.6 Å². The summed E-state index contributed by atoms with van der Waals surface area (Å²) in [6, 6.07) is 17.2. The lowest BCUT2D eigenvalue weighted by Crippen LogP contribution is -2.02. The van der Waals surface area contributed by atoms with Crippen LogP contribution < -0.4 is 0 Å². The van der Waals surface area contributed by atoms with Crippen LogP contribution in [0.2, 0.25) is 0 Å². The Morgan fingerprint density at radius 3 is 2.48 bits per heavy atom. The van der Waals surface area contributed by atoms with Crippen molar-refractivity contribution in [2.45, 2.75) is 39.0 Å². The number of nitrogens with zero attached hydrogens (tertiary/aromatic N) is 1. The molecule has 126 valence electrons. The number of aryl methyl sites for hydroxylation is 2. The SMILES string of the molecule is Cc1ccc(-c2nc([C@@H]3CC=CCC3)[nH]c2-c2ccccc2)cc1C. The second kappa shape index (κ2) is 6.72. The first kappa shape index (κ1) is 15.9. The number of hydrogen-bond donors (Lipinski definition) is 1. The fourth-order valence-electron chi connectivity index (χ4n) is 3.54. The summed E-state index contributed by atoms with van der Waals surface area (Å²) in [5.74, 6) is 1.61. The monoisotopic (exact) mass is 328 g/mol. The highest BCUT2D eigenvalue weighted by Gasteiger charge is 2.20. The molecule has 0 spiro atoms. The van der Waals surface area contributed by atoms with Crippen LogP contribution in [0.3, 0.4) is 0 Å². The molecule has 1 aliphatic rings. The minimum absolute atomic E-state index is 0.493. The molecule has 1 aliphatic carbocycles. The van der Waals surface area contributed by atoms with Gasteiger partial charge in [0.2, 0.25) is 0 Å². The molecule has 1 atom stereocenters. The molecule has 1 N–H and O–H groups in total. The lowest BCUT2D eigenvalue weighted by molar-refractivity contribution is 0.589. The number of imidazole rings is 1. The molecule has 3 aromatic rings. The summed E-state index contributed by atoms with van der Waals surface area (Å²) in [4.78, 5) is 8.72. The smallest absolute Gasteiger partial charge is 0.110 e. The van der Waals surface area contributed by atoms with Crippen LogP contribution in [0.25, 0.3) is 22.5 Å². The fourth-order valence-corrected chi connectivity index (χ4v) is 3.54. The third-order valence-electron chi connectivity index (χ3n) is 5.22. The summed E-state index contributed by atoms with van der Waals surface area (Å²) in [5.41, 5.74) is 7.21. The first-order chi connectivity index (χ1) is 12.2. The van der Waals surface area contributed by atoms with E-state index in [2.05, 4.69) is 79.5 Å². The summed E-state index contributed by atoms with van der Waals surface area (Å²) in [6.45, 7) is 4.32. The summed E-state index contributed by atoms with van der Waals surface area (Å²) < 4.78 is 0. The second-order valence-electron chi connectivity index (χ2n) is 6.99. The molecule has 2 heteroatoms. The molecule has 0 amide bonds. The Hall–Kier alpha value is -2.61. The van der Waals surface area contributed by atoms with Crippen molar-refractivity contribution in [2.75, 3.05) is 0 Å². The van der Waals surface area contributed by atoms with Crippen molar-refractivity contribution in [3.63, 3.8) is 0 Å². The third-order valence-corrected chi connectivity index (χ3v) is 5.22. The highest BCUT2D eigenvalue weighted by molar-refractivity contribution is 5.79. The van der Waals surface area contributed by atoms with Crippen molar-refractivity contribution in [2.24, 2.45) is 0 Å². The molecule has 0 saturated carbocycles. The molecule has 0 radical (unpaired) electrons. The number of benzene rings is 2. The predicted octanol–water partition coefficient (Wildman–Crippen LogP) is 6.18. The molecular weight excluding hydrogens is 304 g/mol. The zero-order valence-corrected chi connectivity index (χ0v) is 14.9. The van der Waals surface area contributed by atoms with E-state index >= 15 is 0 Å². The van der Waals surface area contributed by atoms with Gasteiger partial charge < -0.3 is 4.98 Å². The molecule has 0 unspecified atom stereocenters. The zero-order chi connectivity index (χ0) is 17.2. The Balaban J connectivity index is 1.84. The Labute approximate surface area is 149 Å². The van der Waals surface area contributed by atoms with Crippen LogP contribution in [0.15, 0.2) is 60.7 Å². The topological polar surface area (TPSA) is 28.7 Å². The Bertz CT molecular complexity index is 903. The molecule has 0 saturated heterocycles. The number of aromatic amines is 1. The normalized spacial score (nSPS) is 17.0. The highest BCUT2D eigenvalue weighted by Crippen LogP contribution is 2.35. The number of allylic oxidation sites excluding steroid dienone is 2. The van der Waals surface area contributed by atoms with E-state index < -0.39 is 0 Å². The van der Waals surface area contributed by atoms with E-state index in [1.807, 2.05) is 0 Å². The van der Waals surface area contributed by atoms with Crippen molar-refractivity contribution >= 4 is 0 Å². The average Bonchev–Trinajstić information content (AvgIpc) is 3.11. The van der Waals surface area contributed by atoms with Crippen LogP contribution in [0.1, 0.15) is 42.1 Å². The number of hydrogen-bond acceptors (Lipinski definition) is 1. The van der Waals surface area contributed by atoms with Crippen molar-refractivity contribution in [1.29, 1.82) is 0 Å². The molecule has 0 aliphatic heterocycles. The van der Waals surface area contributed by atoms with Gasteiger partial charge in [-0.2, -0.15) is 0 Å². The summed E-state index contributed by atoms with van der Waals surface area (Å²) in [7, 11) is 0. The molecule has 1 heterocycles. The highest BCUT2D eigenvalue weighted by atomic mass is 14.9. The molecule has 2 nitrogen and oxygen atoms in total. The summed E-state index contributed by atoms with van der Waals surface area (Å²) in [5, 5.41) is 0. The van der Waals surface area contributed by atoms with Gasteiger partial charge in [-0.3, -0.25) is 0 Å². The molecule has 2 aromatic carbocycles. The molecule has 1 aromatic heterocycles. The lowest BCUT2D eigenvalue weighted by Gasteiger charge is -2.14. The van der Waals surface area contributed by atoms with Gasteiger partial charge in [-0.15, -0.1) is 0 Å². The van der Waals surface area contributed by atoms with E-state index in [1.54, 1.807) is 0 Å². The largest absolute Gasteiger partial charge is 0.341 e.